The fourth-order valence-corrected chi connectivity index (χ4v) is 0.905. The smallest absolute Gasteiger partial charge is 0.265 e. The normalized spacial score (nSPS) is 14.1. The van der Waals surface area contributed by atoms with Crippen molar-refractivity contribution >= 4 is 5.95 Å². The summed E-state index contributed by atoms with van der Waals surface area (Å²) in [5.41, 5.74) is 5.90. The fraction of sp³-hybridized carbons (Fsp3) is 0.778. The Labute approximate surface area is 84.3 Å². The number of hydrogen-bond donors (Lipinski definition) is 1. The molecule has 5 nitrogen and oxygen atoms in total. The van der Waals surface area contributed by atoms with E-state index in [1.807, 2.05) is 34.9 Å². The highest BCUT2D eigenvalue weighted by molar-refractivity contribution is 5.24. The van der Waals surface area contributed by atoms with Crippen molar-refractivity contribution in [3.05, 3.63) is 5.89 Å². The second kappa shape index (κ2) is 3.57. The van der Waals surface area contributed by atoms with E-state index < -0.39 is 0 Å². The van der Waals surface area contributed by atoms with Crippen LogP contribution in [0.25, 0.3) is 0 Å². The molecule has 0 fully saturated rings. The zero-order valence-corrected chi connectivity index (χ0v) is 9.40. The third kappa shape index (κ3) is 2.23. The van der Waals surface area contributed by atoms with Gasteiger partial charge in [0.15, 0.2) is 0 Å². The molecule has 1 atom stereocenters. The first-order valence-corrected chi connectivity index (χ1v) is 4.59. The van der Waals surface area contributed by atoms with Crippen LogP contribution in [0.1, 0.15) is 32.7 Å². The molecule has 1 rings (SSSR count). The van der Waals surface area contributed by atoms with Gasteiger partial charge in [0.05, 0.1) is 6.04 Å². The molecule has 0 saturated carbocycles. The lowest BCUT2D eigenvalue weighted by atomic mass is 9.87. The predicted molar refractivity (Wildman–Crippen MR) is 55.0 cm³/mol. The number of rotatable bonds is 2. The Morgan fingerprint density at radius 1 is 1.36 bits per heavy atom. The maximum atomic E-state index is 5.97. The first-order valence-electron chi connectivity index (χ1n) is 4.59. The van der Waals surface area contributed by atoms with Crippen LogP contribution in [0.15, 0.2) is 4.52 Å². The lowest BCUT2D eigenvalue weighted by molar-refractivity contribution is 0.253. The van der Waals surface area contributed by atoms with E-state index in [0.717, 1.165) is 0 Å². The van der Waals surface area contributed by atoms with Gasteiger partial charge in [0, 0.05) is 14.1 Å². The van der Waals surface area contributed by atoms with Crippen LogP contribution in [0.3, 0.4) is 0 Å². The van der Waals surface area contributed by atoms with E-state index in [1.165, 1.54) is 0 Å². The average molecular weight is 198 g/mol. The minimum Gasteiger partial charge on any atom is -0.344 e. The molecule has 0 unspecified atom stereocenters. The van der Waals surface area contributed by atoms with Crippen molar-refractivity contribution in [1.82, 2.24) is 10.1 Å². The lowest BCUT2D eigenvalue weighted by Gasteiger charge is -2.23. The van der Waals surface area contributed by atoms with Crippen LogP contribution in [-0.2, 0) is 0 Å². The van der Waals surface area contributed by atoms with Gasteiger partial charge in [-0.05, 0) is 10.6 Å². The number of nitrogens with two attached hydrogens (primary N) is 1. The van der Waals surface area contributed by atoms with Crippen molar-refractivity contribution < 1.29 is 4.52 Å². The Morgan fingerprint density at radius 3 is 2.29 bits per heavy atom. The van der Waals surface area contributed by atoms with Gasteiger partial charge in [0.1, 0.15) is 0 Å². The van der Waals surface area contributed by atoms with Crippen LogP contribution in [0.4, 0.5) is 5.95 Å². The molecule has 0 aliphatic heterocycles. The van der Waals surface area contributed by atoms with Crippen molar-refractivity contribution in [2.75, 3.05) is 19.0 Å². The molecule has 1 aromatic rings. The summed E-state index contributed by atoms with van der Waals surface area (Å²) in [5.74, 6) is 1.04. The van der Waals surface area contributed by atoms with E-state index in [0.29, 0.717) is 11.8 Å². The van der Waals surface area contributed by atoms with Gasteiger partial charge in [-0.2, -0.15) is 4.98 Å². The summed E-state index contributed by atoms with van der Waals surface area (Å²) >= 11 is 0. The molecule has 1 aromatic heterocycles. The van der Waals surface area contributed by atoms with Gasteiger partial charge in [-0.3, -0.25) is 0 Å². The molecular weight excluding hydrogens is 180 g/mol. The third-order valence-corrected chi connectivity index (χ3v) is 2.03. The summed E-state index contributed by atoms with van der Waals surface area (Å²) in [6.07, 6.45) is 0. The molecule has 0 spiro atoms. The Balaban J connectivity index is 2.87. The van der Waals surface area contributed by atoms with Crippen LogP contribution in [0, 0.1) is 5.41 Å². The van der Waals surface area contributed by atoms with E-state index in [1.54, 1.807) is 4.90 Å². The van der Waals surface area contributed by atoms with Gasteiger partial charge in [0.2, 0.25) is 5.89 Å². The molecule has 0 bridgehead atoms. The van der Waals surface area contributed by atoms with Crippen molar-refractivity contribution in [3.8, 4) is 0 Å². The Hall–Kier alpha value is -1.10. The van der Waals surface area contributed by atoms with Gasteiger partial charge in [-0.15, -0.1) is 0 Å². The van der Waals surface area contributed by atoms with Crippen molar-refractivity contribution in [2.24, 2.45) is 11.1 Å². The first-order chi connectivity index (χ1) is 6.32. The molecule has 0 radical (unpaired) electrons. The van der Waals surface area contributed by atoms with E-state index in [2.05, 4.69) is 10.1 Å². The molecule has 0 aliphatic carbocycles. The van der Waals surface area contributed by atoms with E-state index >= 15 is 0 Å². The molecule has 0 aromatic carbocycles. The number of anilines is 1. The second-order valence-electron chi connectivity index (χ2n) is 4.67. The summed E-state index contributed by atoms with van der Waals surface area (Å²) in [6.45, 7) is 6.12. The predicted octanol–water partition coefficient (Wildman–Crippen LogP) is 1.18. The maximum Gasteiger partial charge on any atom is 0.265 e. The molecule has 0 saturated heterocycles. The van der Waals surface area contributed by atoms with Gasteiger partial charge >= 0.3 is 0 Å². The Morgan fingerprint density at radius 2 is 1.93 bits per heavy atom. The van der Waals surface area contributed by atoms with Gasteiger partial charge < -0.3 is 15.2 Å². The Kier molecular flexibility index (Phi) is 2.80. The number of aromatic nitrogens is 2. The largest absolute Gasteiger partial charge is 0.344 e. The van der Waals surface area contributed by atoms with Gasteiger partial charge in [0.25, 0.3) is 5.95 Å². The quantitative estimate of drug-likeness (QED) is 0.772. The number of hydrogen-bond acceptors (Lipinski definition) is 5. The summed E-state index contributed by atoms with van der Waals surface area (Å²) in [4.78, 5) is 5.98. The van der Waals surface area contributed by atoms with E-state index in [-0.39, 0.29) is 11.5 Å². The van der Waals surface area contributed by atoms with Crippen LogP contribution in [-0.4, -0.2) is 24.2 Å². The summed E-state index contributed by atoms with van der Waals surface area (Å²) in [6, 6.07) is -0.233. The van der Waals surface area contributed by atoms with Gasteiger partial charge in [-0.25, -0.2) is 0 Å². The van der Waals surface area contributed by atoms with E-state index in [9.17, 15) is 0 Å². The second-order valence-corrected chi connectivity index (χ2v) is 4.67. The van der Waals surface area contributed by atoms with Crippen LogP contribution < -0.4 is 10.6 Å². The molecule has 0 aliphatic rings. The first kappa shape index (κ1) is 11.0. The summed E-state index contributed by atoms with van der Waals surface area (Å²) in [7, 11) is 3.72. The van der Waals surface area contributed by atoms with Crippen LogP contribution in [0.5, 0.6) is 0 Å². The molecule has 2 N–H and O–H groups in total. The summed E-state index contributed by atoms with van der Waals surface area (Å²) in [5, 5.41) is 3.81. The highest BCUT2D eigenvalue weighted by Gasteiger charge is 2.27. The van der Waals surface area contributed by atoms with Crippen molar-refractivity contribution in [3.63, 3.8) is 0 Å². The SMILES string of the molecule is CN(C)c1noc([C@@H](N)C(C)(C)C)n1. The monoisotopic (exact) mass is 198 g/mol. The number of nitrogens with zero attached hydrogens (tertiary/aromatic N) is 3. The third-order valence-electron chi connectivity index (χ3n) is 2.03. The highest BCUT2D eigenvalue weighted by atomic mass is 16.5. The zero-order valence-electron chi connectivity index (χ0n) is 9.40. The van der Waals surface area contributed by atoms with Crippen molar-refractivity contribution in [2.45, 2.75) is 26.8 Å². The molecule has 0 amide bonds. The average Bonchev–Trinajstić information content (AvgIpc) is 2.48. The minimum absolute atomic E-state index is 0.0733. The molecule has 14 heavy (non-hydrogen) atoms. The minimum atomic E-state index is -0.233. The zero-order chi connectivity index (χ0) is 10.9. The molecule has 1 heterocycles. The van der Waals surface area contributed by atoms with Gasteiger partial charge in [-0.1, -0.05) is 20.8 Å². The van der Waals surface area contributed by atoms with Crippen molar-refractivity contribution in [1.29, 1.82) is 0 Å². The molecule has 5 heteroatoms. The molecule has 80 valence electrons. The van der Waals surface area contributed by atoms with Crippen LogP contribution >= 0.6 is 0 Å². The van der Waals surface area contributed by atoms with E-state index in [4.69, 9.17) is 10.3 Å². The van der Waals surface area contributed by atoms with Crippen LogP contribution in [0.2, 0.25) is 0 Å². The standard InChI is InChI=1S/C9H18N4O/c1-9(2,3)6(10)7-11-8(12-14-7)13(4)5/h6H,10H2,1-5H3/t6-/m1/s1. The summed E-state index contributed by atoms with van der Waals surface area (Å²) < 4.78 is 5.09. The Bertz CT molecular complexity index is 300. The lowest BCUT2D eigenvalue weighted by Crippen LogP contribution is -2.26. The maximum absolute atomic E-state index is 5.97. The highest BCUT2D eigenvalue weighted by Crippen LogP contribution is 2.29. The molecular formula is C9H18N4O. The fourth-order valence-electron chi connectivity index (χ4n) is 0.905. The topological polar surface area (TPSA) is 68.2 Å².